The van der Waals surface area contributed by atoms with Gasteiger partial charge in [0.05, 0.1) is 19.5 Å². The fourth-order valence-corrected chi connectivity index (χ4v) is 1.35. The Morgan fingerprint density at radius 1 is 1.54 bits per heavy atom. The molecule has 1 aromatic heterocycles. The molecular weight excluding hydrogens is 170 g/mol. The fraction of sp³-hybridized carbons (Fsp3) is 0.375. The van der Waals surface area contributed by atoms with Gasteiger partial charge in [-0.2, -0.15) is 0 Å². The molecule has 1 aliphatic heterocycles. The van der Waals surface area contributed by atoms with Crippen molar-refractivity contribution in [3.8, 4) is 0 Å². The molecule has 0 aromatic carbocycles. The van der Waals surface area contributed by atoms with Crippen molar-refractivity contribution >= 4 is 11.7 Å². The minimum Gasteiger partial charge on any atom is -0.347 e. The topological polar surface area (TPSA) is 66.1 Å². The normalized spacial score (nSPS) is 17.1. The van der Waals surface area contributed by atoms with Crippen LogP contribution >= 0.6 is 0 Å². The van der Waals surface area contributed by atoms with E-state index in [4.69, 9.17) is 0 Å². The molecule has 5 heteroatoms. The molecule has 1 aromatic rings. The second kappa shape index (κ2) is 3.01. The minimum absolute atomic E-state index is 0.0171. The first-order valence-electron chi connectivity index (χ1n) is 4.03. The van der Waals surface area contributed by atoms with Crippen LogP contribution in [0.3, 0.4) is 0 Å². The molecule has 0 atom stereocenters. The summed E-state index contributed by atoms with van der Waals surface area (Å²) in [5, 5.41) is 0. The number of ketones is 1. The number of nitrogens with zero attached hydrogens (tertiary/aromatic N) is 2. The van der Waals surface area contributed by atoms with Gasteiger partial charge in [0.15, 0.2) is 5.78 Å². The molecule has 0 saturated carbocycles. The van der Waals surface area contributed by atoms with Crippen molar-refractivity contribution in [3.05, 3.63) is 18.2 Å². The molecule has 2 rings (SSSR count). The number of nitrogens with one attached hydrogen (secondary N) is 1. The summed E-state index contributed by atoms with van der Waals surface area (Å²) in [5.74, 6) is 0.584. The molecule has 1 fully saturated rings. The zero-order valence-electron chi connectivity index (χ0n) is 6.99. The largest absolute Gasteiger partial charge is 0.347 e. The molecule has 2 heterocycles. The maximum Gasteiger partial charge on any atom is 0.230 e. The van der Waals surface area contributed by atoms with Crippen LogP contribution in [0.5, 0.6) is 0 Å². The molecule has 1 amide bonds. The summed E-state index contributed by atoms with van der Waals surface area (Å²) < 4.78 is 0. The third-order valence-electron chi connectivity index (χ3n) is 1.96. The molecule has 5 nitrogen and oxygen atoms in total. The Morgan fingerprint density at radius 3 is 2.92 bits per heavy atom. The van der Waals surface area contributed by atoms with Crippen molar-refractivity contribution in [2.45, 2.75) is 13.0 Å². The van der Waals surface area contributed by atoms with Crippen molar-refractivity contribution in [2.24, 2.45) is 0 Å². The maximum absolute atomic E-state index is 11.2. The van der Waals surface area contributed by atoms with Gasteiger partial charge in [-0.25, -0.2) is 4.98 Å². The summed E-state index contributed by atoms with van der Waals surface area (Å²) in [6.45, 7) is 0.622. The quantitative estimate of drug-likeness (QED) is 0.634. The highest BCUT2D eigenvalue weighted by Crippen LogP contribution is 2.09. The van der Waals surface area contributed by atoms with Crippen LogP contribution in [0, 0.1) is 0 Å². The first-order chi connectivity index (χ1) is 6.25. The SMILES string of the molecule is O=C1CC(=O)N(Cc2ncc[nH]2)C1. The summed E-state index contributed by atoms with van der Waals surface area (Å²) in [6.07, 6.45) is 3.36. The Hall–Kier alpha value is -1.65. The van der Waals surface area contributed by atoms with Crippen LogP contribution in [0.25, 0.3) is 0 Å². The molecule has 0 unspecified atom stereocenters. The van der Waals surface area contributed by atoms with E-state index in [1.807, 2.05) is 0 Å². The summed E-state index contributed by atoms with van der Waals surface area (Å²) in [5.41, 5.74) is 0. The highest BCUT2D eigenvalue weighted by atomic mass is 16.2. The zero-order valence-corrected chi connectivity index (χ0v) is 6.99. The summed E-state index contributed by atoms with van der Waals surface area (Å²) >= 11 is 0. The van der Waals surface area contributed by atoms with E-state index in [-0.39, 0.29) is 24.7 Å². The second-order valence-corrected chi connectivity index (χ2v) is 3.00. The molecular formula is C8H9N3O2. The van der Waals surface area contributed by atoms with Gasteiger partial charge in [-0.3, -0.25) is 9.59 Å². The van der Waals surface area contributed by atoms with Gasteiger partial charge in [-0.05, 0) is 0 Å². The van der Waals surface area contributed by atoms with Crippen molar-refractivity contribution in [3.63, 3.8) is 0 Å². The van der Waals surface area contributed by atoms with Gasteiger partial charge < -0.3 is 9.88 Å². The number of hydrogen-bond donors (Lipinski definition) is 1. The van der Waals surface area contributed by atoms with E-state index in [1.165, 1.54) is 4.90 Å². The van der Waals surface area contributed by atoms with Gasteiger partial charge in [-0.1, -0.05) is 0 Å². The number of carbonyl (C=O) groups is 2. The van der Waals surface area contributed by atoms with Crippen LogP contribution in [0.1, 0.15) is 12.2 Å². The van der Waals surface area contributed by atoms with Gasteiger partial charge in [0.2, 0.25) is 5.91 Å². The van der Waals surface area contributed by atoms with E-state index < -0.39 is 0 Å². The van der Waals surface area contributed by atoms with Gasteiger partial charge >= 0.3 is 0 Å². The summed E-state index contributed by atoms with van der Waals surface area (Å²) in [7, 11) is 0. The Bertz CT molecular complexity index is 331. The predicted molar refractivity (Wildman–Crippen MR) is 43.6 cm³/mol. The molecule has 1 aliphatic rings. The number of carbonyl (C=O) groups excluding carboxylic acids is 2. The lowest BCUT2D eigenvalue weighted by molar-refractivity contribution is -0.128. The van der Waals surface area contributed by atoms with E-state index in [9.17, 15) is 9.59 Å². The number of hydrogen-bond acceptors (Lipinski definition) is 3. The van der Waals surface area contributed by atoms with Gasteiger partial charge in [0, 0.05) is 12.4 Å². The standard InChI is InChI=1S/C8H9N3O2/c12-6-3-8(13)11(4-6)5-7-9-1-2-10-7/h1-2H,3-5H2,(H,9,10). The average molecular weight is 179 g/mol. The number of rotatable bonds is 2. The molecule has 0 radical (unpaired) electrons. The number of Topliss-reactive ketones (excluding diaryl/α,β-unsaturated/α-hetero) is 1. The minimum atomic E-state index is -0.110. The van der Waals surface area contributed by atoms with Crippen LogP contribution < -0.4 is 0 Å². The Kier molecular flexibility index (Phi) is 1.84. The summed E-state index contributed by atoms with van der Waals surface area (Å²) in [4.78, 5) is 30.4. The molecule has 68 valence electrons. The second-order valence-electron chi connectivity index (χ2n) is 3.00. The maximum atomic E-state index is 11.2. The van der Waals surface area contributed by atoms with Crippen molar-refractivity contribution in [1.29, 1.82) is 0 Å². The van der Waals surface area contributed by atoms with Crippen molar-refractivity contribution in [1.82, 2.24) is 14.9 Å². The molecule has 0 aliphatic carbocycles. The summed E-state index contributed by atoms with van der Waals surface area (Å²) in [6, 6.07) is 0. The number of H-pyrrole nitrogens is 1. The van der Waals surface area contributed by atoms with E-state index in [2.05, 4.69) is 9.97 Å². The fourth-order valence-electron chi connectivity index (χ4n) is 1.35. The number of amides is 1. The highest BCUT2D eigenvalue weighted by molar-refractivity contribution is 6.05. The van der Waals surface area contributed by atoms with Crippen molar-refractivity contribution in [2.75, 3.05) is 6.54 Å². The monoisotopic (exact) mass is 179 g/mol. The Labute approximate surface area is 74.8 Å². The Morgan fingerprint density at radius 2 is 2.38 bits per heavy atom. The lowest BCUT2D eigenvalue weighted by Gasteiger charge is -2.11. The van der Waals surface area contributed by atoms with Gasteiger partial charge in [0.1, 0.15) is 5.82 Å². The predicted octanol–water partition coefficient (Wildman–Crippen LogP) is -0.289. The molecule has 0 spiro atoms. The molecule has 0 bridgehead atoms. The van der Waals surface area contributed by atoms with Crippen LogP contribution in [0.15, 0.2) is 12.4 Å². The number of aromatic nitrogens is 2. The van der Waals surface area contributed by atoms with E-state index in [0.29, 0.717) is 12.4 Å². The molecule has 1 N–H and O–H groups in total. The van der Waals surface area contributed by atoms with Crippen LogP contribution in [-0.2, 0) is 16.1 Å². The third kappa shape index (κ3) is 1.58. The lowest BCUT2D eigenvalue weighted by Crippen LogP contribution is -2.25. The third-order valence-corrected chi connectivity index (χ3v) is 1.96. The number of imidazole rings is 1. The van der Waals surface area contributed by atoms with Gasteiger partial charge in [0.25, 0.3) is 0 Å². The van der Waals surface area contributed by atoms with Crippen LogP contribution in [0.2, 0.25) is 0 Å². The first-order valence-corrected chi connectivity index (χ1v) is 4.03. The number of likely N-dealkylation sites (tertiary alicyclic amines) is 1. The first kappa shape index (κ1) is 7.97. The Balaban J connectivity index is 2.03. The van der Waals surface area contributed by atoms with Crippen molar-refractivity contribution < 1.29 is 9.59 Å². The van der Waals surface area contributed by atoms with Gasteiger partial charge in [-0.15, -0.1) is 0 Å². The van der Waals surface area contributed by atoms with Crippen LogP contribution in [-0.4, -0.2) is 33.1 Å². The lowest BCUT2D eigenvalue weighted by atomic mass is 10.3. The van der Waals surface area contributed by atoms with Crippen LogP contribution in [0.4, 0.5) is 0 Å². The van der Waals surface area contributed by atoms with E-state index in [1.54, 1.807) is 12.4 Å². The molecule has 13 heavy (non-hydrogen) atoms. The van der Waals surface area contributed by atoms with E-state index >= 15 is 0 Å². The average Bonchev–Trinajstić information content (AvgIpc) is 2.63. The zero-order chi connectivity index (χ0) is 9.26. The number of aromatic amines is 1. The smallest absolute Gasteiger partial charge is 0.230 e. The highest BCUT2D eigenvalue weighted by Gasteiger charge is 2.27. The molecule has 1 saturated heterocycles. The van der Waals surface area contributed by atoms with E-state index in [0.717, 1.165) is 0 Å².